The van der Waals surface area contributed by atoms with Gasteiger partial charge in [-0.2, -0.15) is 13.2 Å². The standard InChI is InChI=1S/C14H18F4O3/c1-2-13(15,14(16,17)18)12(11(20)8-19)21-9-10-6-4-3-5-7-10/h3-7,11-12,19-20H,2,8-9H2,1H3/t11-,12-,13+/m1/s1. The van der Waals surface area contributed by atoms with Crippen LogP contribution in [0.5, 0.6) is 0 Å². The van der Waals surface area contributed by atoms with E-state index in [0.29, 0.717) is 5.56 Å². The van der Waals surface area contributed by atoms with Crippen LogP contribution in [0.1, 0.15) is 18.9 Å². The van der Waals surface area contributed by atoms with Gasteiger partial charge in [-0.05, 0) is 12.0 Å². The predicted octanol–water partition coefficient (Wildman–Crippen LogP) is 2.61. The van der Waals surface area contributed by atoms with E-state index in [-0.39, 0.29) is 6.61 Å². The van der Waals surface area contributed by atoms with Crippen LogP contribution in [0, 0.1) is 0 Å². The summed E-state index contributed by atoms with van der Waals surface area (Å²) in [6, 6.07) is 8.22. The van der Waals surface area contributed by atoms with Crippen LogP contribution < -0.4 is 0 Å². The number of aliphatic hydroxyl groups excluding tert-OH is 2. The fraction of sp³-hybridized carbons (Fsp3) is 0.571. The fourth-order valence-electron chi connectivity index (χ4n) is 1.97. The molecule has 0 bridgehead atoms. The lowest BCUT2D eigenvalue weighted by atomic mass is 9.91. The zero-order valence-corrected chi connectivity index (χ0v) is 11.5. The topological polar surface area (TPSA) is 49.7 Å². The summed E-state index contributed by atoms with van der Waals surface area (Å²) in [5.74, 6) is 0. The van der Waals surface area contributed by atoms with Crippen molar-refractivity contribution in [2.75, 3.05) is 6.61 Å². The molecule has 3 nitrogen and oxygen atoms in total. The molecule has 0 saturated carbocycles. The summed E-state index contributed by atoms with van der Waals surface area (Å²) < 4.78 is 58.1. The van der Waals surface area contributed by atoms with Crippen molar-refractivity contribution < 1.29 is 32.5 Å². The quantitative estimate of drug-likeness (QED) is 0.761. The van der Waals surface area contributed by atoms with Crippen molar-refractivity contribution in [2.45, 2.75) is 44.0 Å². The van der Waals surface area contributed by atoms with E-state index in [4.69, 9.17) is 9.84 Å². The van der Waals surface area contributed by atoms with Gasteiger partial charge in [-0.15, -0.1) is 0 Å². The molecule has 3 atom stereocenters. The van der Waals surface area contributed by atoms with Gasteiger partial charge in [0.15, 0.2) is 0 Å². The van der Waals surface area contributed by atoms with Gasteiger partial charge in [0.05, 0.1) is 13.2 Å². The number of alkyl halides is 4. The SMILES string of the molecule is CC[C@](F)([C@H](OCc1ccccc1)[C@H](O)CO)C(F)(F)F. The van der Waals surface area contributed by atoms with Crippen LogP contribution in [0.25, 0.3) is 0 Å². The molecule has 0 radical (unpaired) electrons. The summed E-state index contributed by atoms with van der Waals surface area (Å²) in [6.07, 6.45) is -10.3. The molecule has 0 unspecified atom stereocenters. The van der Waals surface area contributed by atoms with Gasteiger partial charge in [0.2, 0.25) is 5.67 Å². The Kier molecular flexibility index (Phi) is 6.12. The maximum atomic E-state index is 14.3. The van der Waals surface area contributed by atoms with Crippen molar-refractivity contribution in [2.24, 2.45) is 0 Å². The maximum absolute atomic E-state index is 14.3. The largest absolute Gasteiger partial charge is 0.425 e. The van der Waals surface area contributed by atoms with Crippen molar-refractivity contribution in [1.29, 1.82) is 0 Å². The molecule has 0 aliphatic rings. The van der Waals surface area contributed by atoms with Crippen molar-refractivity contribution in [3.63, 3.8) is 0 Å². The summed E-state index contributed by atoms with van der Waals surface area (Å²) in [4.78, 5) is 0. The van der Waals surface area contributed by atoms with Crippen LogP contribution in [0.15, 0.2) is 30.3 Å². The normalized spacial score (nSPS) is 18.0. The number of hydrogen-bond acceptors (Lipinski definition) is 3. The molecule has 0 heterocycles. The first-order chi connectivity index (χ1) is 9.76. The van der Waals surface area contributed by atoms with Crippen LogP contribution in [-0.2, 0) is 11.3 Å². The van der Waals surface area contributed by atoms with E-state index in [0.717, 1.165) is 6.92 Å². The second-order valence-electron chi connectivity index (χ2n) is 4.68. The molecule has 21 heavy (non-hydrogen) atoms. The van der Waals surface area contributed by atoms with Crippen LogP contribution in [0.2, 0.25) is 0 Å². The van der Waals surface area contributed by atoms with E-state index in [1.807, 2.05) is 0 Å². The van der Waals surface area contributed by atoms with Crippen LogP contribution in [0.3, 0.4) is 0 Å². The van der Waals surface area contributed by atoms with Crippen LogP contribution in [0.4, 0.5) is 17.6 Å². The lowest BCUT2D eigenvalue weighted by Crippen LogP contribution is -2.57. The van der Waals surface area contributed by atoms with E-state index >= 15 is 0 Å². The molecule has 120 valence electrons. The van der Waals surface area contributed by atoms with E-state index < -0.39 is 37.1 Å². The number of aliphatic hydroxyl groups is 2. The Morgan fingerprint density at radius 3 is 2.14 bits per heavy atom. The molecule has 2 N–H and O–H groups in total. The smallest absolute Gasteiger partial charge is 0.394 e. The molecule has 0 spiro atoms. The summed E-state index contributed by atoms with van der Waals surface area (Å²) in [6.45, 7) is -0.317. The second-order valence-corrected chi connectivity index (χ2v) is 4.68. The molecular weight excluding hydrogens is 292 g/mol. The predicted molar refractivity (Wildman–Crippen MR) is 68.3 cm³/mol. The van der Waals surface area contributed by atoms with Gasteiger partial charge in [-0.1, -0.05) is 37.3 Å². The monoisotopic (exact) mass is 310 g/mol. The molecular formula is C14H18F4O3. The average molecular weight is 310 g/mol. The third kappa shape index (κ3) is 4.15. The Hall–Kier alpha value is -1.18. The first-order valence-electron chi connectivity index (χ1n) is 6.46. The minimum atomic E-state index is -5.21. The van der Waals surface area contributed by atoms with E-state index in [1.54, 1.807) is 30.3 Å². The Labute approximate surface area is 120 Å². The maximum Gasteiger partial charge on any atom is 0.425 e. The van der Waals surface area contributed by atoms with E-state index in [9.17, 15) is 22.7 Å². The molecule has 0 aliphatic carbocycles. The van der Waals surface area contributed by atoms with Gasteiger partial charge in [0, 0.05) is 0 Å². The molecule has 1 aromatic carbocycles. The molecule has 1 aromatic rings. The highest BCUT2D eigenvalue weighted by atomic mass is 19.4. The van der Waals surface area contributed by atoms with Gasteiger partial charge in [-0.3, -0.25) is 0 Å². The van der Waals surface area contributed by atoms with E-state index in [2.05, 4.69) is 0 Å². The molecule has 0 fully saturated rings. The first kappa shape index (κ1) is 17.9. The molecule has 0 amide bonds. The number of halogens is 4. The summed E-state index contributed by atoms with van der Waals surface area (Å²) >= 11 is 0. The Bertz CT molecular complexity index is 424. The zero-order chi connectivity index (χ0) is 16.1. The Balaban J connectivity index is 2.95. The van der Waals surface area contributed by atoms with Crippen molar-refractivity contribution >= 4 is 0 Å². The summed E-state index contributed by atoms with van der Waals surface area (Å²) in [5, 5.41) is 18.4. The summed E-state index contributed by atoms with van der Waals surface area (Å²) in [5.41, 5.74) is -3.20. The fourth-order valence-corrected chi connectivity index (χ4v) is 1.97. The second kappa shape index (κ2) is 7.20. The van der Waals surface area contributed by atoms with Crippen molar-refractivity contribution in [3.05, 3.63) is 35.9 Å². The van der Waals surface area contributed by atoms with Gasteiger partial charge in [-0.25, -0.2) is 4.39 Å². The summed E-state index contributed by atoms with van der Waals surface area (Å²) in [7, 11) is 0. The third-order valence-electron chi connectivity index (χ3n) is 3.25. The highest BCUT2D eigenvalue weighted by Gasteiger charge is 2.62. The molecule has 0 saturated heterocycles. The number of hydrogen-bond donors (Lipinski definition) is 2. The minimum Gasteiger partial charge on any atom is -0.394 e. The molecule has 1 rings (SSSR count). The van der Waals surface area contributed by atoms with Crippen molar-refractivity contribution in [3.8, 4) is 0 Å². The highest BCUT2D eigenvalue weighted by molar-refractivity contribution is 5.13. The van der Waals surface area contributed by atoms with E-state index in [1.165, 1.54) is 0 Å². The van der Waals surface area contributed by atoms with Crippen LogP contribution >= 0.6 is 0 Å². The Morgan fingerprint density at radius 1 is 1.14 bits per heavy atom. The molecule has 0 aromatic heterocycles. The van der Waals surface area contributed by atoms with Crippen molar-refractivity contribution in [1.82, 2.24) is 0 Å². The van der Waals surface area contributed by atoms with Gasteiger partial charge in [0.1, 0.15) is 12.2 Å². The Morgan fingerprint density at radius 2 is 1.71 bits per heavy atom. The van der Waals surface area contributed by atoms with Crippen LogP contribution in [-0.4, -0.2) is 40.9 Å². The molecule has 0 aliphatic heterocycles. The third-order valence-corrected chi connectivity index (χ3v) is 3.25. The number of ether oxygens (including phenoxy) is 1. The highest BCUT2D eigenvalue weighted by Crippen LogP contribution is 2.42. The first-order valence-corrected chi connectivity index (χ1v) is 6.46. The van der Waals surface area contributed by atoms with Gasteiger partial charge < -0.3 is 14.9 Å². The average Bonchev–Trinajstić information content (AvgIpc) is 2.46. The van der Waals surface area contributed by atoms with Gasteiger partial charge >= 0.3 is 6.18 Å². The lowest BCUT2D eigenvalue weighted by Gasteiger charge is -2.36. The molecule has 7 heteroatoms. The minimum absolute atomic E-state index is 0.301. The number of benzene rings is 1. The number of rotatable bonds is 7. The van der Waals surface area contributed by atoms with Gasteiger partial charge in [0.25, 0.3) is 0 Å². The lowest BCUT2D eigenvalue weighted by molar-refractivity contribution is -0.284. The zero-order valence-electron chi connectivity index (χ0n) is 11.5.